The maximum Gasteiger partial charge on any atom is 0.128 e. The molecule has 2 rings (SSSR count). The topological polar surface area (TPSA) is 42.4 Å². The van der Waals surface area contributed by atoms with Crippen molar-refractivity contribution in [3.05, 3.63) is 53.2 Å². The Balaban J connectivity index is 2.23. The molecule has 0 aliphatic carbocycles. The predicted molar refractivity (Wildman–Crippen MR) is 74.7 cm³/mol. The molecule has 0 radical (unpaired) electrons. The SMILES string of the molecule is Cc1ccc(CN(C)c2cccc(F)c2CCN)o1. The van der Waals surface area contributed by atoms with Gasteiger partial charge in [-0.05, 0) is 44.2 Å². The van der Waals surface area contributed by atoms with Crippen molar-refractivity contribution in [3.8, 4) is 0 Å². The summed E-state index contributed by atoms with van der Waals surface area (Å²) in [5.74, 6) is 1.54. The summed E-state index contributed by atoms with van der Waals surface area (Å²) in [5.41, 5.74) is 7.07. The first kappa shape index (κ1) is 13.6. The zero-order valence-electron chi connectivity index (χ0n) is 11.3. The maximum atomic E-state index is 13.8. The van der Waals surface area contributed by atoms with Gasteiger partial charge >= 0.3 is 0 Å². The zero-order valence-corrected chi connectivity index (χ0v) is 11.3. The first-order valence-corrected chi connectivity index (χ1v) is 6.35. The summed E-state index contributed by atoms with van der Waals surface area (Å²) in [5, 5.41) is 0. The molecule has 0 spiro atoms. The number of rotatable bonds is 5. The second kappa shape index (κ2) is 5.89. The summed E-state index contributed by atoms with van der Waals surface area (Å²) >= 11 is 0. The van der Waals surface area contributed by atoms with E-state index < -0.39 is 0 Å². The fourth-order valence-electron chi connectivity index (χ4n) is 2.19. The van der Waals surface area contributed by atoms with E-state index in [-0.39, 0.29) is 5.82 Å². The number of furan rings is 1. The van der Waals surface area contributed by atoms with E-state index in [2.05, 4.69) is 0 Å². The van der Waals surface area contributed by atoms with Crippen LogP contribution in [-0.4, -0.2) is 13.6 Å². The second-order valence-electron chi connectivity index (χ2n) is 4.64. The summed E-state index contributed by atoms with van der Waals surface area (Å²) in [7, 11) is 1.92. The van der Waals surface area contributed by atoms with Crippen LogP contribution in [0.15, 0.2) is 34.7 Å². The van der Waals surface area contributed by atoms with Gasteiger partial charge in [0.15, 0.2) is 0 Å². The van der Waals surface area contributed by atoms with E-state index in [0.29, 0.717) is 25.1 Å². The van der Waals surface area contributed by atoms with Crippen LogP contribution >= 0.6 is 0 Å². The lowest BCUT2D eigenvalue weighted by atomic mass is 10.1. The van der Waals surface area contributed by atoms with Gasteiger partial charge in [-0.1, -0.05) is 6.07 Å². The van der Waals surface area contributed by atoms with Crippen molar-refractivity contribution in [1.29, 1.82) is 0 Å². The van der Waals surface area contributed by atoms with Gasteiger partial charge in [0.1, 0.15) is 17.3 Å². The molecule has 0 bridgehead atoms. The van der Waals surface area contributed by atoms with Crippen molar-refractivity contribution < 1.29 is 8.81 Å². The van der Waals surface area contributed by atoms with Gasteiger partial charge in [-0.2, -0.15) is 0 Å². The van der Waals surface area contributed by atoms with Crippen molar-refractivity contribution in [2.75, 3.05) is 18.5 Å². The smallest absolute Gasteiger partial charge is 0.128 e. The molecule has 0 unspecified atom stereocenters. The van der Waals surface area contributed by atoms with Gasteiger partial charge in [0.2, 0.25) is 0 Å². The van der Waals surface area contributed by atoms with E-state index >= 15 is 0 Å². The van der Waals surface area contributed by atoms with Crippen LogP contribution in [0, 0.1) is 12.7 Å². The Morgan fingerprint density at radius 2 is 2.05 bits per heavy atom. The summed E-state index contributed by atoms with van der Waals surface area (Å²) in [4.78, 5) is 1.98. The monoisotopic (exact) mass is 262 g/mol. The van der Waals surface area contributed by atoms with Crippen LogP contribution in [0.4, 0.5) is 10.1 Å². The lowest BCUT2D eigenvalue weighted by Gasteiger charge is -2.21. The van der Waals surface area contributed by atoms with Crippen LogP contribution < -0.4 is 10.6 Å². The molecule has 0 aliphatic rings. The van der Waals surface area contributed by atoms with Gasteiger partial charge in [-0.3, -0.25) is 0 Å². The maximum absolute atomic E-state index is 13.8. The fourth-order valence-corrected chi connectivity index (χ4v) is 2.19. The van der Waals surface area contributed by atoms with Crippen LogP contribution in [-0.2, 0) is 13.0 Å². The van der Waals surface area contributed by atoms with E-state index in [1.807, 2.05) is 37.1 Å². The predicted octanol–water partition coefficient (Wildman–Crippen LogP) is 2.86. The second-order valence-corrected chi connectivity index (χ2v) is 4.64. The van der Waals surface area contributed by atoms with Crippen LogP contribution in [0.5, 0.6) is 0 Å². The minimum Gasteiger partial charge on any atom is -0.464 e. The Morgan fingerprint density at radius 1 is 1.26 bits per heavy atom. The molecule has 0 atom stereocenters. The highest BCUT2D eigenvalue weighted by Gasteiger charge is 2.12. The molecule has 19 heavy (non-hydrogen) atoms. The van der Waals surface area contributed by atoms with E-state index in [9.17, 15) is 4.39 Å². The lowest BCUT2D eigenvalue weighted by molar-refractivity contribution is 0.481. The molecular formula is C15H19FN2O. The number of nitrogens with two attached hydrogens (primary N) is 1. The Hall–Kier alpha value is -1.81. The van der Waals surface area contributed by atoms with Crippen molar-refractivity contribution >= 4 is 5.69 Å². The van der Waals surface area contributed by atoms with Crippen molar-refractivity contribution in [1.82, 2.24) is 0 Å². The van der Waals surface area contributed by atoms with Crippen LogP contribution in [0.2, 0.25) is 0 Å². The number of nitrogens with zero attached hydrogens (tertiary/aromatic N) is 1. The summed E-state index contributed by atoms with van der Waals surface area (Å²) in [6.45, 7) is 2.95. The lowest BCUT2D eigenvalue weighted by Crippen LogP contribution is -2.19. The molecule has 102 valence electrons. The third-order valence-corrected chi connectivity index (χ3v) is 3.09. The van der Waals surface area contributed by atoms with Crippen molar-refractivity contribution in [2.45, 2.75) is 19.9 Å². The Bertz CT molecular complexity index is 551. The van der Waals surface area contributed by atoms with E-state index in [0.717, 1.165) is 17.2 Å². The van der Waals surface area contributed by atoms with Gasteiger partial charge in [0, 0.05) is 18.3 Å². The Morgan fingerprint density at radius 3 is 2.68 bits per heavy atom. The van der Waals surface area contributed by atoms with Gasteiger partial charge < -0.3 is 15.1 Å². The molecule has 1 heterocycles. The number of anilines is 1. The van der Waals surface area contributed by atoms with E-state index in [1.165, 1.54) is 6.07 Å². The van der Waals surface area contributed by atoms with Gasteiger partial charge in [-0.15, -0.1) is 0 Å². The minimum atomic E-state index is -0.203. The fraction of sp³-hybridized carbons (Fsp3) is 0.333. The number of hydrogen-bond acceptors (Lipinski definition) is 3. The summed E-state index contributed by atoms with van der Waals surface area (Å²) < 4.78 is 19.4. The van der Waals surface area contributed by atoms with Crippen molar-refractivity contribution in [3.63, 3.8) is 0 Å². The molecular weight excluding hydrogens is 243 g/mol. The average Bonchev–Trinajstić information content (AvgIpc) is 2.77. The highest BCUT2D eigenvalue weighted by atomic mass is 19.1. The highest BCUT2D eigenvalue weighted by Crippen LogP contribution is 2.24. The molecule has 0 saturated heterocycles. The Kier molecular flexibility index (Phi) is 4.22. The largest absolute Gasteiger partial charge is 0.464 e. The standard InChI is InChI=1S/C15H19FN2O/c1-11-6-7-12(19-11)10-18(2)15-5-3-4-14(16)13(15)8-9-17/h3-7H,8-10,17H2,1-2H3. The average molecular weight is 262 g/mol. The molecule has 0 aliphatic heterocycles. The molecule has 0 amide bonds. The minimum absolute atomic E-state index is 0.203. The number of aryl methyl sites for hydroxylation is 1. The van der Waals surface area contributed by atoms with Gasteiger partial charge in [-0.25, -0.2) is 4.39 Å². The third-order valence-electron chi connectivity index (χ3n) is 3.09. The van der Waals surface area contributed by atoms with Crippen LogP contribution in [0.25, 0.3) is 0 Å². The molecule has 1 aromatic carbocycles. The Labute approximate surface area is 112 Å². The van der Waals surface area contributed by atoms with Crippen molar-refractivity contribution in [2.24, 2.45) is 5.73 Å². The molecule has 2 aromatic rings. The molecule has 4 heteroatoms. The first-order chi connectivity index (χ1) is 9.11. The van der Waals surface area contributed by atoms with Gasteiger partial charge in [0.05, 0.1) is 6.54 Å². The number of halogens is 1. The highest BCUT2D eigenvalue weighted by molar-refractivity contribution is 5.54. The van der Waals surface area contributed by atoms with Gasteiger partial charge in [0.25, 0.3) is 0 Å². The van der Waals surface area contributed by atoms with Crippen LogP contribution in [0.1, 0.15) is 17.1 Å². The third kappa shape index (κ3) is 3.15. The quantitative estimate of drug-likeness (QED) is 0.901. The first-order valence-electron chi connectivity index (χ1n) is 6.35. The van der Waals surface area contributed by atoms with Crippen LogP contribution in [0.3, 0.4) is 0 Å². The molecule has 0 fully saturated rings. The van der Waals surface area contributed by atoms with E-state index in [4.69, 9.17) is 10.2 Å². The normalized spacial score (nSPS) is 10.7. The zero-order chi connectivity index (χ0) is 13.8. The van der Waals surface area contributed by atoms with E-state index in [1.54, 1.807) is 6.07 Å². The molecule has 1 aromatic heterocycles. The summed E-state index contributed by atoms with van der Waals surface area (Å²) in [6, 6.07) is 8.96. The summed E-state index contributed by atoms with van der Waals surface area (Å²) in [6.07, 6.45) is 0.531. The molecule has 0 saturated carbocycles. The number of hydrogen-bond donors (Lipinski definition) is 1. The molecule has 3 nitrogen and oxygen atoms in total. The molecule has 2 N–H and O–H groups in total. The number of benzene rings is 1.